The van der Waals surface area contributed by atoms with Crippen LogP contribution < -0.4 is 9.47 Å². The molecule has 5 heteroatoms. The predicted octanol–water partition coefficient (Wildman–Crippen LogP) is 3.05. The lowest BCUT2D eigenvalue weighted by molar-refractivity contribution is -0.129. The molecule has 0 spiro atoms. The van der Waals surface area contributed by atoms with E-state index in [0.717, 1.165) is 5.56 Å². The molecule has 0 bridgehead atoms. The number of cyclic esters (lactones) is 1. The van der Waals surface area contributed by atoms with Crippen LogP contribution in [0.4, 0.5) is 0 Å². The Labute approximate surface area is 133 Å². The van der Waals surface area contributed by atoms with Crippen LogP contribution >= 0.6 is 0 Å². The number of aliphatic imine (C=N–C) groups is 1. The predicted molar refractivity (Wildman–Crippen MR) is 86.6 cm³/mol. The summed E-state index contributed by atoms with van der Waals surface area (Å²) in [6.45, 7) is 0. The highest BCUT2D eigenvalue weighted by atomic mass is 16.6. The van der Waals surface area contributed by atoms with Gasteiger partial charge in [-0.25, -0.2) is 9.79 Å². The minimum atomic E-state index is -0.492. The molecule has 0 fully saturated rings. The van der Waals surface area contributed by atoms with Gasteiger partial charge in [-0.1, -0.05) is 30.3 Å². The van der Waals surface area contributed by atoms with Crippen molar-refractivity contribution in [3.05, 3.63) is 65.4 Å². The van der Waals surface area contributed by atoms with E-state index in [1.54, 1.807) is 26.4 Å². The van der Waals surface area contributed by atoms with E-state index in [0.29, 0.717) is 23.0 Å². The summed E-state index contributed by atoms with van der Waals surface area (Å²) in [7, 11) is 3.11. The molecule has 0 aliphatic carbocycles. The molecule has 1 aliphatic heterocycles. The number of methoxy groups -OCH3 is 2. The number of rotatable bonds is 4. The van der Waals surface area contributed by atoms with Crippen molar-refractivity contribution in [1.82, 2.24) is 0 Å². The standard InChI is InChI=1S/C18H15NO4/c1-21-15-10-6-9-13(16(15)22-2)11-14-18(20)23-17(19-14)12-7-4-3-5-8-12/h3-11H,1-2H3. The third kappa shape index (κ3) is 2.94. The molecule has 0 amide bonds. The van der Waals surface area contributed by atoms with Gasteiger partial charge in [-0.2, -0.15) is 0 Å². The number of nitrogens with zero attached hydrogens (tertiary/aromatic N) is 1. The number of hydrogen-bond donors (Lipinski definition) is 0. The Hall–Kier alpha value is -3.08. The zero-order valence-corrected chi connectivity index (χ0v) is 12.8. The zero-order chi connectivity index (χ0) is 16.2. The number of hydrogen-bond acceptors (Lipinski definition) is 5. The van der Waals surface area contributed by atoms with E-state index in [2.05, 4.69) is 4.99 Å². The Morgan fingerprint density at radius 3 is 2.48 bits per heavy atom. The molecule has 2 aromatic rings. The third-order valence-electron chi connectivity index (χ3n) is 3.37. The maximum absolute atomic E-state index is 12.0. The van der Waals surface area contributed by atoms with Gasteiger partial charge >= 0.3 is 5.97 Å². The lowest BCUT2D eigenvalue weighted by Crippen LogP contribution is -2.05. The highest BCUT2D eigenvalue weighted by Crippen LogP contribution is 2.33. The molecule has 1 heterocycles. The van der Waals surface area contributed by atoms with Crippen molar-refractivity contribution in [2.24, 2.45) is 4.99 Å². The molecule has 5 nitrogen and oxygen atoms in total. The molecule has 2 aromatic carbocycles. The van der Waals surface area contributed by atoms with Gasteiger partial charge in [0.25, 0.3) is 0 Å². The van der Waals surface area contributed by atoms with Crippen molar-refractivity contribution in [3.63, 3.8) is 0 Å². The van der Waals surface area contributed by atoms with Gasteiger partial charge in [0.15, 0.2) is 17.2 Å². The first-order chi connectivity index (χ1) is 11.2. The average Bonchev–Trinajstić information content (AvgIpc) is 2.96. The highest BCUT2D eigenvalue weighted by molar-refractivity contribution is 6.12. The van der Waals surface area contributed by atoms with E-state index < -0.39 is 5.97 Å². The normalized spacial score (nSPS) is 15.3. The zero-order valence-electron chi connectivity index (χ0n) is 12.8. The minimum absolute atomic E-state index is 0.218. The van der Waals surface area contributed by atoms with E-state index in [1.807, 2.05) is 42.5 Å². The van der Waals surface area contributed by atoms with Gasteiger partial charge in [0.1, 0.15) is 0 Å². The Kier molecular flexibility index (Phi) is 4.10. The Bertz CT molecular complexity index is 794. The maximum atomic E-state index is 12.0. The van der Waals surface area contributed by atoms with Crippen LogP contribution in [-0.2, 0) is 9.53 Å². The van der Waals surface area contributed by atoms with Crippen molar-refractivity contribution in [2.75, 3.05) is 14.2 Å². The number of carbonyl (C=O) groups excluding carboxylic acids is 1. The second kappa shape index (κ2) is 6.36. The molecule has 0 N–H and O–H groups in total. The first-order valence-corrected chi connectivity index (χ1v) is 7.02. The van der Waals surface area contributed by atoms with Crippen molar-refractivity contribution >= 4 is 17.9 Å². The molecule has 0 radical (unpaired) electrons. The Balaban J connectivity index is 2.00. The number of para-hydroxylation sites is 1. The monoisotopic (exact) mass is 309 g/mol. The van der Waals surface area contributed by atoms with Crippen LogP contribution in [0, 0.1) is 0 Å². The van der Waals surface area contributed by atoms with Gasteiger partial charge in [-0.15, -0.1) is 0 Å². The molecule has 3 rings (SSSR count). The second-order valence-electron chi connectivity index (χ2n) is 4.78. The van der Waals surface area contributed by atoms with Crippen molar-refractivity contribution in [1.29, 1.82) is 0 Å². The summed E-state index contributed by atoms with van der Waals surface area (Å²) < 4.78 is 15.8. The number of esters is 1. The van der Waals surface area contributed by atoms with Crippen LogP contribution in [0.1, 0.15) is 11.1 Å². The van der Waals surface area contributed by atoms with Gasteiger partial charge in [-0.3, -0.25) is 0 Å². The van der Waals surface area contributed by atoms with E-state index in [4.69, 9.17) is 14.2 Å². The van der Waals surface area contributed by atoms with Crippen molar-refractivity contribution in [2.45, 2.75) is 0 Å². The summed E-state index contributed by atoms with van der Waals surface area (Å²) in [6, 6.07) is 14.7. The van der Waals surface area contributed by atoms with Gasteiger partial charge in [-0.05, 0) is 24.3 Å². The fourth-order valence-corrected chi connectivity index (χ4v) is 2.29. The van der Waals surface area contributed by atoms with Gasteiger partial charge in [0.05, 0.1) is 14.2 Å². The third-order valence-corrected chi connectivity index (χ3v) is 3.37. The molecule has 0 saturated heterocycles. The number of benzene rings is 2. The lowest BCUT2D eigenvalue weighted by Gasteiger charge is -2.09. The van der Waals surface area contributed by atoms with Crippen LogP contribution in [0.2, 0.25) is 0 Å². The molecule has 23 heavy (non-hydrogen) atoms. The largest absolute Gasteiger partial charge is 0.493 e. The second-order valence-corrected chi connectivity index (χ2v) is 4.78. The van der Waals surface area contributed by atoms with Crippen LogP contribution in [0.25, 0.3) is 6.08 Å². The van der Waals surface area contributed by atoms with Crippen molar-refractivity contribution in [3.8, 4) is 11.5 Å². The van der Waals surface area contributed by atoms with Crippen molar-refractivity contribution < 1.29 is 19.0 Å². The maximum Gasteiger partial charge on any atom is 0.363 e. The highest BCUT2D eigenvalue weighted by Gasteiger charge is 2.24. The van der Waals surface area contributed by atoms with Gasteiger partial charge < -0.3 is 14.2 Å². The van der Waals surface area contributed by atoms with E-state index in [9.17, 15) is 4.79 Å². The number of carbonyl (C=O) groups is 1. The van der Waals surface area contributed by atoms with Gasteiger partial charge in [0.2, 0.25) is 5.90 Å². The fraction of sp³-hybridized carbons (Fsp3) is 0.111. The summed E-state index contributed by atoms with van der Waals surface area (Å²) in [5, 5.41) is 0. The molecular weight excluding hydrogens is 294 g/mol. The SMILES string of the molecule is COc1cccc(C=C2N=C(c3ccccc3)OC2=O)c1OC. The van der Waals surface area contributed by atoms with Crippen LogP contribution in [0.15, 0.2) is 59.2 Å². The molecule has 0 unspecified atom stereocenters. The van der Waals surface area contributed by atoms with Crippen LogP contribution in [0.5, 0.6) is 11.5 Å². The molecule has 1 aliphatic rings. The van der Waals surface area contributed by atoms with Crippen LogP contribution in [0.3, 0.4) is 0 Å². The first kappa shape index (κ1) is 14.8. The smallest absolute Gasteiger partial charge is 0.363 e. The summed E-state index contributed by atoms with van der Waals surface area (Å²) in [5.41, 5.74) is 1.66. The molecule has 0 aromatic heterocycles. The molecule has 116 valence electrons. The topological polar surface area (TPSA) is 57.1 Å². The van der Waals surface area contributed by atoms with Gasteiger partial charge in [0, 0.05) is 11.1 Å². The molecule has 0 saturated carbocycles. The summed E-state index contributed by atoms with van der Waals surface area (Å²) >= 11 is 0. The lowest BCUT2D eigenvalue weighted by atomic mass is 10.1. The Morgan fingerprint density at radius 1 is 1.00 bits per heavy atom. The minimum Gasteiger partial charge on any atom is -0.493 e. The summed E-state index contributed by atoms with van der Waals surface area (Å²) in [5.74, 6) is 0.927. The van der Waals surface area contributed by atoms with Crippen LogP contribution in [-0.4, -0.2) is 26.1 Å². The molecule has 0 atom stereocenters. The fourth-order valence-electron chi connectivity index (χ4n) is 2.29. The summed E-state index contributed by atoms with van der Waals surface area (Å²) in [4.78, 5) is 16.3. The van der Waals surface area contributed by atoms with E-state index >= 15 is 0 Å². The number of ether oxygens (including phenoxy) is 3. The van der Waals surface area contributed by atoms with E-state index in [1.165, 1.54) is 0 Å². The first-order valence-electron chi connectivity index (χ1n) is 7.02. The quantitative estimate of drug-likeness (QED) is 0.643. The Morgan fingerprint density at radius 2 is 1.78 bits per heavy atom. The summed E-state index contributed by atoms with van der Waals surface area (Å²) in [6.07, 6.45) is 1.62. The van der Waals surface area contributed by atoms with E-state index in [-0.39, 0.29) is 5.70 Å². The average molecular weight is 309 g/mol. The molecular formula is C18H15NO4.